The number of aliphatic hydroxyl groups is 1. The Hall–Kier alpha value is -3.32. The lowest BCUT2D eigenvalue weighted by Crippen LogP contribution is -2.15. The molecule has 0 aliphatic carbocycles. The fourth-order valence-corrected chi connectivity index (χ4v) is 2.47. The Morgan fingerprint density at radius 3 is 2.52 bits per heavy atom. The van der Waals surface area contributed by atoms with E-state index in [1.165, 1.54) is 30.5 Å². The molecule has 0 radical (unpaired) electrons. The highest BCUT2D eigenvalue weighted by Crippen LogP contribution is 2.21. The third-order valence-electron chi connectivity index (χ3n) is 3.54. The van der Waals surface area contributed by atoms with Gasteiger partial charge >= 0.3 is 0 Å². The fraction of sp³-hybridized carbons (Fsp3) is 0. The minimum atomic E-state index is -0.966. The topological polar surface area (TPSA) is 75.1 Å². The lowest BCUT2D eigenvalue weighted by Gasteiger charge is -2.09. The van der Waals surface area contributed by atoms with Crippen molar-refractivity contribution in [2.45, 2.75) is 0 Å². The summed E-state index contributed by atoms with van der Waals surface area (Å²) in [5.41, 5.74) is 0.311. The molecule has 0 fully saturated rings. The first kappa shape index (κ1) is 18.5. The number of amides is 1. The Balaban J connectivity index is 1.84. The Bertz CT molecular complexity index is 1020. The average Bonchev–Trinajstić information content (AvgIpc) is 2.62. The highest BCUT2D eigenvalue weighted by atomic mass is 35.5. The number of carbonyl (C=O) groups is 1. The van der Waals surface area contributed by atoms with Crippen LogP contribution in [-0.4, -0.2) is 21.0 Å². The van der Waals surface area contributed by atoms with Gasteiger partial charge in [0.05, 0.1) is 5.69 Å². The fourth-order valence-electron chi connectivity index (χ4n) is 2.32. The molecule has 1 heterocycles. The summed E-state index contributed by atoms with van der Waals surface area (Å²) in [5, 5.41) is 12.7. The van der Waals surface area contributed by atoms with E-state index in [0.29, 0.717) is 11.3 Å². The molecule has 2 aromatic carbocycles. The van der Waals surface area contributed by atoms with Crippen LogP contribution in [-0.2, 0) is 0 Å². The van der Waals surface area contributed by atoms with Crippen LogP contribution in [0.1, 0.15) is 21.6 Å². The molecular weight excluding hydrogens is 376 g/mol. The summed E-state index contributed by atoms with van der Waals surface area (Å²) in [6.45, 7) is 0. The maximum atomic E-state index is 13.7. The molecule has 0 saturated carbocycles. The van der Waals surface area contributed by atoms with E-state index >= 15 is 0 Å². The zero-order chi connectivity index (χ0) is 19.4. The van der Waals surface area contributed by atoms with Crippen molar-refractivity contribution in [2.75, 3.05) is 5.32 Å². The minimum Gasteiger partial charge on any atom is -0.507 e. The van der Waals surface area contributed by atoms with Gasteiger partial charge in [0, 0.05) is 23.5 Å². The van der Waals surface area contributed by atoms with Crippen LogP contribution in [0.4, 0.5) is 14.5 Å². The van der Waals surface area contributed by atoms with Gasteiger partial charge in [-0.25, -0.2) is 18.7 Å². The number of hydrogen-bond acceptors (Lipinski definition) is 4. The summed E-state index contributed by atoms with van der Waals surface area (Å²) in [7, 11) is 0. The third-order valence-corrected chi connectivity index (χ3v) is 3.72. The van der Waals surface area contributed by atoms with Gasteiger partial charge in [0.15, 0.2) is 0 Å². The van der Waals surface area contributed by atoms with Gasteiger partial charge in [-0.1, -0.05) is 18.2 Å². The molecule has 1 amide bonds. The van der Waals surface area contributed by atoms with E-state index in [0.717, 1.165) is 12.1 Å². The molecule has 3 aromatic rings. The Morgan fingerprint density at radius 1 is 1.11 bits per heavy atom. The van der Waals surface area contributed by atoms with Gasteiger partial charge in [-0.05, 0) is 41.9 Å². The molecule has 0 atom stereocenters. The molecule has 1 aromatic heterocycles. The smallest absolute Gasteiger partial charge is 0.261 e. The predicted molar refractivity (Wildman–Crippen MR) is 98.3 cm³/mol. The maximum Gasteiger partial charge on any atom is 0.261 e. The molecule has 3 rings (SSSR count). The van der Waals surface area contributed by atoms with Crippen molar-refractivity contribution in [3.05, 3.63) is 88.5 Å². The molecule has 0 aliphatic rings. The summed E-state index contributed by atoms with van der Waals surface area (Å²) in [6.07, 6.45) is 2.80. The Morgan fingerprint density at radius 2 is 1.81 bits per heavy atom. The predicted octanol–water partition coefficient (Wildman–Crippen LogP) is 4.72. The SMILES string of the molecule is O=C(Nc1cccc(/C(O)=C\c2ccnc(Cl)n2)c1)c1c(F)cccc1F. The molecule has 8 heteroatoms. The van der Waals surface area contributed by atoms with Crippen molar-refractivity contribution in [3.63, 3.8) is 0 Å². The number of rotatable bonds is 4. The van der Waals surface area contributed by atoms with Crippen LogP contribution in [0.2, 0.25) is 5.28 Å². The number of nitrogens with zero attached hydrogens (tertiary/aromatic N) is 2. The number of hydrogen-bond donors (Lipinski definition) is 2. The molecule has 0 bridgehead atoms. The van der Waals surface area contributed by atoms with Crippen LogP contribution >= 0.6 is 11.6 Å². The average molecular weight is 388 g/mol. The Kier molecular flexibility index (Phi) is 5.42. The quantitative estimate of drug-likeness (QED) is 0.502. The summed E-state index contributed by atoms with van der Waals surface area (Å²) in [5.74, 6) is -3.01. The van der Waals surface area contributed by atoms with E-state index in [9.17, 15) is 18.7 Å². The molecule has 0 unspecified atom stereocenters. The van der Waals surface area contributed by atoms with Gasteiger partial charge in [-0.3, -0.25) is 4.79 Å². The van der Waals surface area contributed by atoms with Crippen molar-refractivity contribution >= 4 is 35.0 Å². The molecule has 27 heavy (non-hydrogen) atoms. The van der Waals surface area contributed by atoms with Gasteiger partial charge in [0.1, 0.15) is 23.0 Å². The van der Waals surface area contributed by atoms with Crippen LogP contribution < -0.4 is 5.32 Å². The van der Waals surface area contributed by atoms with Crippen LogP contribution in [0.15, 0.2) is 54.7 Å². The van der Waals surface area contributed by atoms with Crippen LogP contribution in [0.3, 0.4) is 0 Å². The first-order chi connectivity index (χ1) is 12.9. The molecule has 0 saturated heterocycles. The number of nitrogens with one attached hydrogen (secondary N) is 1. The number of carbonyl (C=O) groups excluding carboxylic acids is 1. The first-order valence-electron chi connectivity index (χ1n) is 7.69. The van der Waals surface area contributed by atoms with Gasteiger partial charge in [-0.15, -0.1) is 0 Å². The normalized spacial score (nSPS) is 11.3. The molecule has 0 aliphatic heterocycles. The second-order valence-electron chi connectivity index (χ2n) is 5.41. The second-order valence-corrected chi connectivity index (χ2v) is 5.75. The van der Waals surface area contributed by atoms with Crippen molar-refractivity contribution in [1.82, 2.24) is 9.97 Å². The maximum absolute atomic E-state index is 13.7. The van der Waals surface area contributed by atoms with Crippen molar-refractivity contribution < 1.29 is 18.7 Å². The molecular formula is C19H12ClF2N3O2. The van der Waals surface area contributed by atoms with Crippen LogP contribution in [0.5, 0.6) is 0 Å². The van der Waals surface area contributed by atoms with E-state index < -0.39 is 23.1 Å². The molecule has 2 N–H and O–H groups in total. The molecule has 136 valence electrons. The van der Waals surface area contributed by atoms with Crippen molar-refractivity contribution in [1.29, 1.82) is 0 Å². The largest absolute Gasteiger partial charge is 0.507 e. The third kappa shape index (κ3) is 4.45. The molecule has 0 spiro atoms. The van der Waals surface area contributed by atoms with E-state index in [1.807, 2.05) is 0 Å². The van der Waals surface area contributed by atoms with Gasteiger partial charge in [0.2, 0.25) is 5.28 Å². The van der Waals surface area contributed by atoms with Crippen molar-refractivity contribution in [2.24, 2.45) is 0 Å². The van der Waals surface area contributed by atoms with Gasteiger partial charge < -0.3 is 10.4 Å². The summed E-state index contributed by atoms with van der Waals surface area (Å²) >= 11 is 5.70. The lowest BCUT2D eigenvalue weighted by molar-refractivity contribution is 0.101. The number of anilines is 1. The summed E-state index contributed by atoms with van der Waals surface area (Å²) < 4.78 is 27.4. The van der Waals surface area contributed by atoms with E-state index in [-0.39, 0.29) is 16.7 Å². The second kappa shape index (κ2) is 7.92. The van der Waals surface area contributed by atoms with E-state index in [2.05, 4.69) is 15.3 Å². The zero-order valence-electron chi connectivity index (χ0n) is 13.7. The van der Waals surface area contributed by atoms with Gasteiger partial charge in [0.25, 0.3) is 5.91 Å². The number of aromatic nitrogens is 2. The lowest BCUT2D eigenvalue weighted by atomic mass is 10.1. The highest BCUT2D eigenvalue weighted by molar-refractivity contribution is 6.28. The standard InChI is InChI=1S/C19H12ClF2N3O2/c20-19-23-8-7-13(25-19)10-16(26)11-3-1-4-12(9-11)24-18(27)17-14(21)5-2-6-15(17)22/h1-10,26H,(H,24,27)/b16-10+. The summed E-state index contributed by atoms with van der Waals surface area (Å²) in [4.78, 5) is 19.8. The van der Waals surface area contributed by atoms with Crippen molar-refractivity contribution in [3.8, 4) is 0 Å². The summed E-state index contributed by atoms with van der Waals surface area (Å²) in [6, 6.07) is 10.8. The minimum absolute atomic E-state index is 0.0319. The van der Waals surface area contributed by atoms with Crippen LogP contribution in [0, 0.1) is 11.6 Å². The number of aliphatic hydroxyl groups excluding tert-OH is 1. The highest BCUT2D eigenvalue weighted by Gasteiger charge is 2.17. The molecule has 5 nitrogen and oxygen atoms in total. The van der Waals surface area contributed by atoms with E-state index in [4.69, 9.17) is 11.6 Å². The van der Waals surface area contributed by atoms with E-state index in [1.54, 1.807) is 18.2 Å². The van der Waals surface area contributed by atoms with Gasteiger partial charge in [-0.2, -0.15) is 0 Å². The van der Waals surface area contributed by atoms with Crippen LogP contribution in [0.25, 0.3) is 11.8 Å². The Labute approximate surface area is 158 Å². The number of benzene rings is 2. The zero-order valence-corrected chi connectivity index (χ0v) is 14.4. The monoisotopic (exact) mass is 387 g/mol. The number of halogens is 3. The first-order valence-corrected chi connectivity index (χ1v) is 8.07.